The largest absolute Gasteiger partial charge is 0.395 e. The van der Waals surface area contributed by atoms with Crippen LogP contribution in [0.4, 0.5) is 8.78 Å². The van der Waals surface area contributed by atoms with Gasteiger partial charge in [0.25, 0.3) is 0 Å². The van der Waals surface area contributed by atoms with E-state index in [1.54, 1.807) is 0 Å². The molecule has 0 radical (unpaired) electrons. The molecule has 10 heteroatoms. The van der Waals surface area contributed by atoms with Crippen LogP contribution >= 0.6 is 0 Å². The van der Waals surface area contributed by atoms with E-state index in [4.69, 9.17) is 9.47 Å². The van der Waals surface area contributed by atoms with Gasteiger partial charge in [0.05, 0.1) is 37.6 Å². The average Bonchev–Trinajstić information content (AvgIpc) is 2.91. The Balaban J connectivity index is 1.70. The van der Waals surface area contributed by atoms with Gasteiger partial charge in [0.1, 0.15) is 12.2 Å². The molecular formula is C17H23F2NO7. The first-order valence-electron chi connectivity index (χ1n) is 8.61. The highest BCUT2D eigenvalue weighted by Gasteiger charge is 2.43. The molecule has 7 atom stereocenters. The normalized spacial score (nSPS) is 36.1. The fourth-order valence-corrected chi connectivity index (χ4v) is 3.50. The van der Waals surface area contributed by atoms with Gasteiger partial charge in [0, 0.05) is 18.7 Å². The first-order chi connectivity index (χ1) is 12.8. The van der Waals surface area contributed by atoms with Gasteiger partial charge >= 0.3 is 0 Å². The molecule has 0 aromatic heterocycles. The number of hydrogen-bond acceptors (Lipinski definition) is 8. The van der Waals surface area contributed by atoms with Gasteiger partial charge in [-0.1, -0.05) is 12.1 Å². The second-order valence-corrected chi connectivity index (χ2v) is 6.81. The lowest BCUT2D eigenvalue weighted by Gasteiger charge is -2.38. The molecule has 1 aromatic carbocycles. The minimum absolute atomic E-state index is 0.0186. The molecule has 2 heterocycles. The standard InChI is InChI=1S/C17H23F2NO7/c18-9-3-1-2-8(14(9)19)17-26-7-13(24)16(27-17)12(23)5-20-4-11(22)15(25)10(20)6-21/h1-3,10-13,15-17,21-25H,4-7H2/t10-,11-,12-,13-,15-,16-,17?/m1/s1. The molecule has 1 aromatic rings. The molecule has 0 bridgehead atoms. The number of halogens is 2. The fraction of sp³-hybridized carbons (Fsp3) is 0.647. The lowest BCUT2D eigenvalue weighted by Crippen LogP contribution is -2.52. The van der Waals surface area contributed by atoms with Gasteiger partial charge in [0.15, 0.2) is 17.9 Å². The average molecular weight is 391 g/mol. The zero-order valence-corrected chi connectivity index (χ0v) is 14.4. The van der Waals surface area contributed by atoms with E-state index in [9.17, 15) is 34.3 Å². The Bertz CT molecular complexity index is 652. The summed E-state index contributed by atoms with van der Waals surface area (Å²) >= 11 is 0. The number of rotatable bonds is 5. The Labute approximate surface area is 154 Å². The van der Waals surface area contributed by atoms with Crippen molar-refractivity contribution in [3.05, 3.63) is 35.4 Å². The lowest BCUT2D eigenvalue weighted by atomic mass is 10.1. The molecule has 0 saturated carbocycles. The summed E-state index contributed by atoms with van der Waals surface area (Å²) in [4.78, 5) is 1.48. The third kappa shape index (κ3) is 4.13. The van der Waals surface area contributed by atoms with Crippen molar-refractivity contribution in [1.29, 1.82) is 0 Å². The van der Waals surface area contributed by atoms with Crippen molar-refractivity contribution >= 4 is 0 Å². The van der Waals surface area contributed by atoms with E-state index in [-0.39, 0.29) is 25.3 Å². The number of likely N-dealkylation sites (tertiary alicyclic amines) is 1. The quantitative estimate of drug-likeness (QED) is 0.411. The van der Waals surface area contributed by atoms with E-state index in [1.807, 2.05) is 0 Å². The summed E-state index contributed by atoms with van der Waals surface area (Å²) in [6, 6.07) is 2.74. The van der Waals surface area contributed by atoms with E-state index in [1.165, 1.54) is 17.0 Å². The van der Waals surface area contributed by atoms with Gasteiger partial charge in [-0.15, -0.1) is 0 Å². The molecule has 0 spiro atoms. The Morgan fingerprint density at radius 3 is 2.63 bits per heavy atom. The van der Waals surface area contributed by atoms with E-state index < -0.39 is 61.1 Å². The number of hydrogen-bond donors (Lipinski definition) is 5. The van der Waals surface area contributed by atoms with E-state index >= 15 is 0 Å². The molecule has 2 aliphatic rings. The number of nitrogens with zero attached hydrogens (tertiary/aromatic N) is 1. The fourth-order valence-electron chi connectivity index (χ4n) is 3.50. The summed E-state index contributed by atoms with van der Waals surface area (Å²) < 4.78 is 38.1. The number of aliphatic hydroxyl groups excluding tert-OH is 5. The second-order valence-electron chi connectivity index (χ2n) is 6.81. The van der Waals surface area contributed by atoms with Crippen molar-refractivity contribution in [1.82, 2.24) is 4.90 Å². The van der Waals surface area contributed by atoms with Crippen LogP contribution in [0, 0.1) is 11.6 Å². The molecular weight excluding hydrogens is 368 g/mol. The molecule has 8 nitrogen and oxygen atoms in total. The zero-order chi connectivity index (χ0) is 19.7. The highest BCUT2D eigenvalue weighted by molar-refractivity contribution is 5.20. The minimum atomic E-state index is -1.31. The summed E-state index contributed by atoms with van der Waals surface area (Å²) in [7, 11) is 0. The van der Waals surface area contributed by atoms with Gasteiger partial charge in [-0.2, -0.15) is 0 Å². The second kappa shape index (κ2) is 8.41. The monoisotopic (exact) mass is 391 g/mol. The maximum atomic E-state index is 14.0. The van der Waals surface area contributed by atoms with Gasteiger partial charge < -0.3 is 35.0 Å². The molecule has 5 N–H and O–H groups in total. The Morgan fingerprint density at radius 1 is 1.19 bits per heavy atom. The predicted octanol–water partition coefficient (Wildman–Crippen LogP) is -1.50. The highest BCUT2D eigenvalue weighted by atomic mass is 19.2. The van der Waals surface area contributed by atoms with E-state index in [0.717, 1.165) is 6.07 Å². The summed E-state index contributed by atoms with van der Waals surface area (Å²) in [6.07, 6.45) is -7.26. The number of benzene rings is 1. The van der Waals surface area contributed by atoms with Crippen LogP contribution in [0.1, 0.15) is 11.9 Å². The van der Waals surface area contributed by atoms with Crippen molar-refractivity contribution in [2.24, 2.45) is 0 Å². The smallest absolute Gasteiger partial charge is 0.187 e. The number of ether oxygens (including phenoxy) is 2. The first-order valence-corrected chi connectivity index (χ1v) is 8.61. The molecule has 2 saturated heterocycles. The van der Waals surface area contributed by atoms with Crippen LogP contribution in [-0.4, -0.2) is 93.3 Å². The Hall–Kier alpha value is -1.24. The van der Waals surface area contributed by atoms with Crippen LogP contribution in [0.2, 0.25) is 0 Å². The number of aliphatic hydroxyl groups is 5. The van der Waals surface area contributed by atoms with Crippen LogP contribution in [0.25, 0.3) is 0 Å². The van der Waals surface area contributed by atoms with Gasteiger partial charge in [-0.05, 0) is 6.07 Å². The summed E-state index contributed by atoms with van der Waals surface area (Å²) in [5, 5.41) is 49.5. The van der Waals surface area contributed by atoms with Crippen LogP contribution in [0.15, 0.2) is 18.2 Å². The Kier molecular flexibility index (Phi) is 6.39. The first kappa shape index (κ1) is 20.5. The summed E-state index contributed by atoms with van der Waals surface area (Å²) in [5.74, 6) is -2.22. The third-order valence-electron chi connectivity index (χ3n) is 4.98. The summed E-state index contributed by atoms with van der Waals surface area (Å²) in [5.41, 5.74) is -0.195. The van der Waals surface area contributed by atoms with E-state index in [0.29, 0.717) is 0 Å². The molecule has 2 fully saturated rings. The highest BCUT2D eigenvalue weighted by Crippen LogP contribution is 2.31. The van der Waals surface area contributed by atoms with Crippen molar-refractivity contribution in [2.75, 3.05) is 26.3 Å². The van der Waals surface area contributed by atoms with Gasteiger partial charge in [-0.25, -0.2) is 8.78 Å². The predicted molar refractivity (Wildman–Crippen MR) is 86.4 cm³/mol. The number of β-amino-alcohol motifs (C(OH)–C–C–N with tert-alkyl or cyclic N) is 2. The maximum absolute atomic E-state index is 14.0. The van der Waals surface area contributed by atoms with Crippen LogP contribution in [-0.2, 0) is 9.47 Å². The molecule has 152 valence electrons. The summed E-state index contributed by atoms with van der Waals surface area (Å²) in [6.45, 7) is -0.805. The van der Waals surface area contributed by atoms with Crippen LogP contribution in [0.5, 0.6) is 0 Å². The van der Waals surface area contributed by atoms with Crippen LogP contribution in [0.3, 0.4) is 0 Å². The molecule has 0 aliphatic carbocycles. The molecule has 27 heavy (non-hydrogen) atoms. The minimum Gasteiger partial charge on any atom is -0.395 e. The van der Waals surface area contributed by atoms with Crippen molar-refractivity contribution in [3.8, 4) is 0 Å². The lowest BCUT2D eigenvalue weighted by molar-refractivity contribution is -0.277. The van der Waals surface area contributed by atoms with Crippen molar-refractivity contribution in [3.63, 3.8) is 0 Å². The Morgan fingerprint density at radius 2 is 1.93 bits per heavy atom. The molecule has 0 amide bonds. The maximum Gasteiger partial charge on any atom is 0.187 e. The van der Waals surface area contributed by atoms with Crippen molar-refractivity contribution < 1.29 is 43.8 Å². The molecule has 3 rings (SSSR count). The van der Waals surface area contributed by atoms with Crippen LogP contribution < -0.4 is 0 Å². The molecule has 1 unspecified atom stereocenters. The third-order valence-corrected chi connectivity index (χ3v) is 4.98. The van der Waals surface area contributed by atoms with E-state index in [2.05, 4.69) is 0 Å². The molecule has 2 aliphatic heterocycles. The van der Waals surface area contributed by atoms with Gasteiger partial charge in [-0.3, -0.25) is 4.90 Å². The topological polar surface area (TPSA) is 123 Å². The SMILES string of the molecule is OC[C@@H]1[C@@H](O)[C@H](O)CN1C[C@@H](O)[C@H]1OC(c2cccc(F)c2F)OC[C@H]1O. The zero-order valence-electron chi connectivity index (χ0n) is 14.4. The van der Waals surface area contributed by atoms with Gasteiger partial charge in [0.2, 0.25) is 0 Å². The van der Waals surface area contributed by atoms with Crippen molar-refractivity contribution in [2.45, 2.75) is 42.9 Å².